The largest absolute Gasteiger partial charge is 0.456 e. The van der Waals surface area contributed by atoms with Crippen molar-refractivity contribution in [2.45, 2.75) is 17.7 Å². The second-order valence-corrected chi connectivity index (χ2v) is 6.97. The highest BCUT2D eigenvalue weighted by atomic mass is 32.2. The molecule has 2 amide bonds. The first-order chi connectivity index (χ1) is 12.6. The van der Waals surface area contributed by atoms with Gasteiger partial charge in [0.1, 0.15) is 0 Å². The molecular weight excluding hydrogens is 372 g/mol. The number of carbonyl (C=O) groups is 3. The highest BCUT2D eigenvalue weighted by Crippen LogP contribution is 2.18. The summed E-state index contributed by atoms with van der Waals surface area (Å²) in [7, 11) is 0. The molecule has 2 rings (SSSR count). The molecule has 0 unspecified atom stereocenters. The van der Waals surface area contributed by atoms with Crippen LogP contribution >= 0.6 is 23.1 Å². The number of carbonyl (C=O) groups excluding carboxylic acids is 3. The number of thiophene rings is 1. The molecule has 1 aromatic carbocycles. The van der Waals surface area contributed by atoms with Crippen LogP contribution in [0.2, 0.25) is 0 Å². The van der Waals surface area contributed by atoms with E-state index in [1.807, 2.05) is 29.8 Å². The summed E-state index contributed by atoms with van der Waals surface area (Å²) in [6, 6.07) is 9.15. The third-order valence-electron chi connectivity index (χ3n) is 3.34. The molecule has 0 saturated heterocycles. The summed E-state index contributed by atoms with van der Waals surface area (Å²) in [6.45, 7) is 0.0427. The number of benzene rings is 1. The van der Waals surface area contributed by atoms with Gasteiger partial charge in [0, 0.05) is 34.5 Å². The Morgan fingerprint density at radius 3 is 2.81 bits per heavy atom. The molecule has 6 nitrogen and oxygen atoms in total. The van der Waals surface area contributed by atoms with Crippen molar-refractivity contribution in [3.05, 3.63) is 46.7 Å². The first-order valence-electron chi connectivity index (χ1n) is 7.98. The third kappa shape index (κ3) is 6.89. The highest BCUT2D eigenvalue weighted by Gasteiger charge is 2.09. The van der Waals surface area contributed by atoms with Crippen LogP contribution in [0, 0.1) is 0 Å². The first-order valence-corrected chi connectivity index (χ1v) is 10.1. The Balaban J connectivity index is 1.60. The van der Waals surface area contributed by atoms with Crippen LogP contribution in [0.5, 0.6) is 0 Å². The van der Waals surface area contributed by atoms with Gasteiger partial charge in [0.15, 0.2) is 6.61 Å². The smallest absolute Gasteiger partial charge is 0.306 e. The van der Waals surface area contributed by atoms with Crippen molar-refractivity contribution in [1.82, 2.24) is 5.32 Å². The van der Waals surface area contributed by atoms with Crippen LogP contribution in [0.3, 0.4) is 0 Å². The fraction of sp³-hybridized carbons (Fsp3) is 0.278. The third-order valence-corrected chi connectivity index (χ3v) is 4.75. The minimum Gasteiger partial charge on any atom is -0.456 e. The van der Waals surface area contributed by atoms with Gasteiger partial charge in [-0.15, -0.1) is 11.8 Å². The Hall–Kier alpha value is -2.32. The molecule has 0 radical (unpaired) electrons. The Bertz CT molecular complexity index is 747. The molecule has 0 aliphatic rings. The van der Waals surface area contributed by atoms with Crippen molar-refractivity contribution >= 4 is 46.6 Å². The zero-order valence-corrected chi connectivity index (χ0v) is 16.0. The van der Waals surface area contributed by atoms with E-state index in [1.54, 1.807) is 29.3 Å². The maximum atomic E-state index is 11.8. The summed E-state index contributed by atoms with van der Waals surface area (Å²) in [5.74, 6) is -1.02. The number of rotatable bonds is 9. The Labute approximate surface area is 160 Å². The molecule has 0 spiro atoms. The Morgan fingerprint density at radius 2 is 2.08 bits per heavy atom. The van der Waals surface area contributed by atoms with Crippen molar-refractivity contribution in [2.75, 3.05) is 24.7 Å². The minimum absolute atomic E-state index is 0.138. The second kappa shape index (κ2) is 10.6. The van der Waals surface area contributed by atoms with E-state index in [0.717, 1.165) is 4.90 Å². The fourth-order valence-corrected chi connectivity index (χ4v) is 3.14. The number of thioether (sulfide) groups is 1. The van der Waals surface area contributed by atoms with Gasteiger partial charge in [-0.2, -0.15) is 11.3 Å². The maximum Gasteiger partial charge on any atom is 0.306 e. The summed E-state index contributed by atoms with van der Waals surface area (Å²) in [4.78, 5) is 36.2. The number of hydrogen-bond donors (Lipinski definition) is 2. The molecule has 0 saturated carbocycles. The second-order valence-electron chi connectivity index (χ2n) is 5.31. The molecule has 0 bridgehead atoms. The zero-order valence-electron chi connectivity index (χ0n) is 14.3. The van der Waals surface area contributed by atoms with E-state index in [-0.39, 0.29) is 24.8 Å². The van der Waals surface area contributed by atoms with Gasteiger partial charge in [-0.1, -0.05) is 6.07 Å². The van der Waals surface area contributed by atoms with Crippen LogP contribution in [0.1, 0.15) is 23.2 Å². The molecule has 1 heterocycles. The van der Waals surface area contributed by atoms with Gasteiger partial charge < -0.3 is 15.4 Å². The lowest BCUT2D eigenvalue weighted by Gasteiger charge is -2.08. The van der Waals surface area contributed by atoms with E-state index in [2.05, 4.69) is 10.6 Å². The molecule has 0 fully saturated rings. The van der Waals surface area contributed by atoms with Crippen molar-refractivity contribution < 1.29 is 19.1 Å². The lowest BCUT2D eigenvalue weighted by atomic mass is 10.3. The van der Waals surface area contributed by atoms with E-state index >= 15 is 0 Å². The summed E-state index contributed by atoms with van der Waals surface area (Å²) < 4.78 is 4.94. The van der Waals surface area contributed by atoms with Crippen LogP contribution in [0.25, 0.3) is 0 Å². The van der Waals surface area contributed by atoms with E-state index in [1.165, 1.54) is 11.3 Å². The van der Waals surface area contributed by atoms with Crippen molar-refractivity contribution in [1.29, 1.82) is 0 Å². The maximum absolute atomic E-state index is 11.8. The lowest BCUT2D eigenvalue weighted by Crippen LogP contribution is -2.25. The predicted octanol–water partition coefficient (Wildman–Crippen LogP) is 3.16. The monoisotopic (exact) mass is 392 g/mol. The van der Waals surface area contributed by atoms with Gasteiger partial charge in [0.2, 0.25) is 0 Å². The van der Waals surface area contributed by atoms with Crippen LogP contribution in [-0.4, -0.2) is 37.2 Å². The Kier molecular flexibility index (Phi) is 8.17. The number of esters is 1. The molecule has 138 valence electrons. The normalized spacial score (nSPS) is 10.2. The topological polar surface area (TPSA) is 84.5 Å². The minimum atomic E-state index is -0.470. The average molecular weight is 393 g/mol. The first kappa shape index (κ1) is 20.0. The number of ether oxygens (including phenoxy) is 1. The summed E-state index contributed by atoms with van der Waals surface area (Å²) in [5.41, 5.74) is 1.27. The van der Waals surface area contributed by atoms with Crippen LogP contribution in [0.4, 0.5) is 5.69 Å². The fourth-order valence-electron chi connectivity index (χ4n) is 2.05. The molecule has 26 heavy (non-hydrogen) atoms. The molecular formula is C18H20N2O4S2. The molecule has 0 aliphatic heterocycles. The number of hydrogen-bond acceptors (Lipinski definition) is 6. The number of nitrogens with one attached hydrogen (secondary N) is 2. The highest BCUT2D eigenvalue weighted by molar-refractivity contribution is 7.98. The van der Waals surface area contributed by atoms with Gasteiger partial charge in [-0.3, -0.25) is 14.4 Å². The van der Waals surface area contributed by atoms with E-state index in [0.29, 0.717) is 24.2 Å². The standard InChI is InChI=1S/C18H20N2O4S2/c1-25-15-5-2-4-14(10-15)20-16(21)11-24-17(22)6-3-8-19-18(23)13-7-9-26-12-13/h2,4-5,7,9-10,12H,3,6,8,11H2,1H3,(H,19,23)(H,20,21). The van der Waals surface area contributed by atoms with Crippen LogP contribution < -0.4 is 10.6 Å². The predicted molar refractivity (Wildman–Crippen MR) is 104 cm³/mol. The summed E-state index contributed by atoms with van der Waals surface area (Å²) in [5, 5.41) is 9.00. The summed E-state index contributed by atoms with van der Waals surface area (Å²) in [6.07, 6.45) is 2.54. The van der Waals surface area contributed by atoms with Gasteiger partial charge in [-0.25, -0.2) is 0 Å². The van der Waals surface area contributed by atoms with Gasteiger partial charge >= 0.3 is 5.97 Å². The van der Waals surface area contributed by atoms with E-state index < -0.39 is 5.97 Å². The van der Waals surface area contributed by atoms with Gasteiger partial charge in [0.05, 0.1) is 0 Å². The quantitative estimate of drug-likeness (QED) is 0.389. The van der Waals surface area contributed by atoms with E-state index in [9.17, 15) is 14.4 Å². The van der Waals surface area contributed by atoms with Crippen molar-refractivity contribution in [3.8, 4) is 0 Å². The van der Waals surface area contributed by atoms with E-state index in [4.69, 9.17) is 4.74 Å². The summed E-state index contributed by atoms with van der Waals surface area (Å²) >= 11 is 3.02. The van der Waals surface area contributed by atoms with Crippen molar-refractivity contribution in [3.63, 3.8) is 0 Å². The van der Waals surface area contributed by atoms with Gasteiger partial charge in [-0.05, 0) is 42.3 Å². The lowest BCUT2D eigenvalue weighted by molar-refractivity contribution is -0.147. The van der Waals surface area contributed by atoms with Gasteiger partial charge in [0.25, 0.3) is 11.8 Å². The number of anilines is 1. The molecule has 8 heteroatoms. The average Bonchev–Trinajstić information content (AvgIpc) is 3.18. The molecule has 2 aromatic rings. The zero-order chi connectivity index (χ0) is 18.8. The van der Waals surface area contributed by atoms with Crippen molar-refractivity contribution in [2.24, 2.45) is 0 Å². The molecule has 1 aromatic heterocycles. The Morgan fingerprint density at radius 1 is 1.23 bits per heavy atom. The number of amides is 2. The molecule has 2 N–H and O–H groups in total. The SMILES string of the molecule is CSc1cccc(NC(=O)COC(=O)CCCNC(=O)c2ccsc2)c1. The van der Waals surface area contributed by atoms with Crippen LogP contribution in [0.15, 0.2) is 46.0 Å². The molecule has 0 atom stereocenters. The molecule has 0 aliphatic carbocycles. The van der Waals surface area contributed by atoms with Crippen LogP contribution in [-0.2, 0) is 14.3 Å².